The fourth-order valence-corrected chi connectivity index (χ4v) is 2.33. The molecule has 0 aromatic heterocycles. The van der Waals surface area contributed by atoms with Gasteiger partial charge in [-0.25, -0.2) is 0 Å². The van der Waals surface area contributed by atoms with Gasteiger partial charge in [-0.2, -0.15) is 0 Å². The topological polar surface area (TPSA) is 52.2 Å². The number of hydrogen-bond donors (Lipinski definition) is 1. The number of carboxylic acids is 1. The van der Waals surface area contributed by atoms with Crippen molar-refractivity contribution in [1.82, 2.24) is 0 Å². The second kappa shape index (κ2) is 6.64. The van der Waals surface area contributed by atoms with Gasteiger partial charge in [-0.15, -0.1) is 0 Å². The maximum Gasteiger partial charge on any atom is 0.0470 e. The van der Waals surface area contributed by atoms with E-state index in [2.05, 4.69) is 5.32 Å². The lowest BCUT2D eigenvalue weighted by molar-refractivity contribution is -0.304. The number of carboxylic acid groups (broad SMARTS) is 1. The van der Waals surface area contributed by atoms with Crippen molar-refractivity contribution in [3.8, 4) is 0 Å². The van der Waals surface area contributed by atoms with Crippen molar-refractivity contribution in [3.05, 3.63) is 63.6 Å². The Bertz CT molecular complexity index is 592. The Balaban J connectivity index is 2.02. The maximum absolute atomic E-state index is 10.5. The van der Waals surface area contributed by atoms with E-state index in [9.17, 15) is 9.90 Å². The number of rotatable bonds is 5. The van der Waals surface area contributed by atoms with Crippen molar-refractivity contribution in [3.63, 3.8) is 0 Å². The number of nitrogens with one attached hydrogen (secondary N) is 1. The Labute approximate surface area is 127 Å². The van der Waals surface area contributed by atoms with Gasteiger partial charge in [0.15, 0.2) is 0 Å². The van der Waals surface area contributed by atoms with E-state index in [4.69, 9.17) is 23.2 Å². The first kappa shape index (κ1) is 14.7. The zero-order valence-corrected chi connectivity index (χ0v) is 12.0. The summed E-state index contributed by atoms with van der Waals surface area (Å²) in [6.45, 7) is 0.498. The van der Waals surface area contributed by atoms with E-state index >= 15 is 0 Å². The van der Waals surface area contributed by atoms with Gasteiger partial charge in [0.1, 0.15) is 0 Å². The molecule has 2 aromatic rings. The van der Waals surface area contributed by atoms with Crippen LogP contribution < -0.4 is 10.4 Å². The standard InChI is InChI=1S/C15H13Cl2NO2/c16-13-2-1-3-14(17)12(13)9-18-11-6-4-10(5-7-11)8-15(19)20/h1-7,18H,8-9H2,(H,19,20)/p-1. The number of carbonyl (C=O) groups is 1. The van der Waals surface area contributed by atoms with Crippen LogP contribution >= 0.6 is 23.2 Å². The lowest BCUT2D eigenvalue weighted by atomic mass is 10.1. The summed E-state index contributed by atoms with van der Waals surface area (Å²) < 4.78 is 0. The van der Waals surface area contributed by atoms with E-state index in [1.165, 1.54) is 0 Å². The SMILES string of the molecule is O=C([O-])Cc1ccc(NCc2c(Cl)cccc2Cl)cc1. The molecule has 20 heavy (non-hydrogen) atoms. The van der Waals surface area contributed by atoms with Gasteiger partial charge in [0.2, 0.25) is 0 Å². The molecule has 0 unspecified atom stereocenters. The van der Waals surface area contributed by atoms with Crippen LogP contribution in [-0.2, 0) is 17.8 Å². The summed E-state index contributed by atoms with van der Waals surface area (Å²) in [5.41, 5.74) is 2.39. The van der Waals surface area contributed by atoms with Crippen LogP contribution in [0.2, 0.25) is 10.0 Å². The van der Waals surface area contributed by atoms with Gasteiger partial charge in [0, 0.05) is 40.2 Å². The summed E-state index contributed by atoms with van der Waals surface area (Å²) in [6.07, 6.45) is -0.0867. The molecule has 0 saturated heterocycles. The second-order valence-corrected chi connectivity index (χ2v) is 5.11. The van der Waals surface area contributed by atoms with E-state index in [0.29, 0.717) is 22.2 Å². The molecule has 0 aliphatic rings. The third kappa shape index (κ3) is 3.89. The average Bonchev–Trinajstić information content (AvgIpc) is 2.39. The van der Waals surface area contributed by atoms with Crippen LogP contribution in [-0.4, -0.2) is 5.97 Å². The summed E-state index contributed by atoms with van der Waals surface area (Å²) in [6, 6.07) is 12.5. The number of anilines is 1. The van der Waals surface area contributed by atoms with Crippen LogP contribution in [0.25, 0.3) is 0 Å². The maximum atomic E-state index is 10.5. The van der Waals surface area contributed by atoms with Crippen LogP contribution in [0.15, 0.2) is 42.5 Å². The van der Waals surface area contributed by atoms with Crippen LogP contribution in [0.4, 0.5) is 5.69 Å². The largest absolute Gasteiger partial charge is 0.550 e. The zero-order chi connectivity index (χ0) is 14.5. The van der Waals surface area contributed by atoms with Crippen LogP contribution in [0.5, 0.6) is 0 Å². The first-order valence-corrected chi connectivity index (χ1v) is 6.77. The highest BCUT2D eigenvalue weighted by Gasteiger charge is 2.04. The minimum Gasteiger partial charge on any atom is -0.550 e. The smallest absolute Gasteiger partial charge is 0.0470 e. The number of benzene rings is 2. The lowest BCUT2D eigenvalue weighted by Crippen LogP contribution is -2.24. The zero-order valence-electron chi connectivity index (χ0n) is 10.5. The molecule has 5 heteroatoms. The van der Waals surface area contributed by atoms with Gasteiger partial charge in [-0.05, 0) is 29.8 Å². The molecular weight excluding hydrogens is 297 g/mol. The Kier molecular flexibility index (Phi) is 4.88. The Morgan fingerprint density at radius 3 is 2.20 bits per heavy atom. The highest BCUT2D eigenvalue weighted by Crippen LogP contribution is 2.25. The molecule has 0 aliphatic carbocycles. The van der Waals surface area contributed by atoms with E-state index < -0.39 is 5.97 Å². The highest BCUT2D eigenvalue weighted by atomic mass is 35.5. The Hall–Kier alpha value is -1.71. The Morgan fingerprint density at radius 2 is 1.65 bits per heavy atom. The molecule has 3 nitrogen and oxygen atoms in total. The molecule has 0 aliphatic heterocycles. The molecule has 2 aromatic carbocycles. The predicted octanol–water partition coefficient (Wildman–Crippen LogP) is 2.90. The normalized spacial score (nSPS) is 10.3. The van der Waals surface area contributed by atoms with Crippen molar-refractivity contribution >= 4 is 34.9 Å². The molecule has 0 radical (unpaired) electrons. The van der Waals surface area contributed by atoms with Crippen LogP contribution in [0.3, 0.4) is 0 Å². The van der Waals surface area contributed by atoms with Crippen LogP contribution in [0, 0.1) is 0 Å². The monoisotopic (exact) mass is 308 g/mol. The summed E-state index contributed by atoms with van der Waals surface area (Å²) in [5, 5.41) is 14.9. The lowest BCUT2D eigenvalue weighted by Gasteiger charge is -2.10. The van der Waals surface area contributed by atoms with Gasteiger partial charge in [0.25, 0.3) is 0 Å². The van der Waals surface area contributed by atoms with Crippen molar-refractivity contribution in [1.29, 1.82) is 0 Å². The fourth-order valence-electron chi connectivity index (χ4n) is 1.80. The molecule has 104 valence electrons. The molecule has 0 bridgehead atoms. The van der Waals surface area contributed by atoms with Gasteiger partial charge >= 0.3 is 0 Å². The molecule has 0 atom stereocenters. The fraction of sp³-hybridized carbons (Fsp3) is 0.133. The molecule has 0 heterocycles. The van der Waals surface area contributed by atoms with Crippen molar-refractivity contribution in [2.45, 2.75) is 13.0 Å². The molecule has 0 saturated carbocycles. The third-order valence-corrected chi connectivity index (χ3v) is 3.54. The molecule has 0 spiro atoms. The summed E-state index contributed by atoms with van der Waals surface area (Å²) in [7, 11) is 0. The third-order valence-electron chi connectivity index (χ3n) is 2.83. The summed E-state index contributed by atoms with van der Waals surface area (Å²) in [4.78, 5) is 10.5. The van der Waals surface area contributed by atoms with Crippen LogP contribution in [0.1, 0.15) is 11.1 Å². The van der Waals surface area contributed by atoms with E-state index in [1.54, 1.807) is 30.3 Å². The van der Waals surface area contributed by atoms with Gasteiger partial charge in [-0.3, -0.25) is 0 Å². The number of carbonyl (C=O) groups excluding carboxylic acids is 1. The van der Waals surface area contributed by atoms with Gasteiger partial charge in [0.05, 0.1) is 0 Å². The molecular formula is C15H12Cl2NO2-. The molecule has 0 amide bonds. The van der Waals surface area contributed by atoms with Crippen molar-refractivity contribution in [2.24, 2.45) is 0 Å². The predicted molar refractivity (Wildman–Crippen MR) is 78.9 cm³/mol. The number of halogens is 2. The first-order valence-electron chi connectivity index (χ1n) is 6.02. The second-order valence-electron chi connectivity index (χ2n) is 4.30. The van der Waals surface area contributed by atoms with Crippen molar-refractivity contribution < 1.29 is 9.90 Å². The number of hydrogen-bond acceptors (Lipinski definition) is 3. The molecule has 2 rings (SSSR count). The van der Waals surface area contributed by atoms with E-state index in [0.717, 1.165) is 11.3 Å². The van der Waals surface area contributed by atoms with E-state index in [-0.39, 0.29) is 6.42 Å². The number of aliphatic carboxylic acids is 1. The van der Waals surface area contributed by atoms with E-state index in [1.807, 2.05) is 12.1 Å². The van der Waals surface area contributed by atoms with Gasteiger partial charge in [-0.1, -0.05) is 41.4 Å². The average molecular weight is 309 g/mol. The minimum atomic E-state index is -1.09. The summed E-state index contributed by atoms with van der Waals surface area (Å²) in [5.74, 6) is -1.09. The molecule has 0 fully saturated rings. The Morgan fingerprint density at radius 1 is 1.05 bits per heavy atom. The molecule has 1 N–H and O–H groups in total. The highest BCUT2D eigenvalue weighted by molar-refractivity contribution is 6.36. The quantitative estimate of drug-likeness (QED) is 0.924. The first-order chi connectivity index (χ1) is 9.56. The minimum absolute atomic E-state index is 0.0867. The van der Waals surface area contributed by atoms with Gasteiger partial charge < -0.3 is 15.2 Å². The summed E-state index contributed by atoms with van der Waals surface area (Å²) >= 11 is 12.2. The van der Waals surface area contributed by atoms with Crippen molar-refractivity contribution in [2.75, 3.05) is 5.32 Å².